The van der Waals surface area contributed by atoms with Gasteiger partial charge in [-0.1, -0.05) is 23.7 Å². The molecule has 3 N–H and O–H groups in total. The fourth-order valence-electron chi connectivity index (χ4n) is 3.27. The van der Waals surface area contributed by atoms with Gasteiger partial charge < -0.3 is 16.0 Å². The number of nitrogens with one attached hydrogen (secondary N) is 3. The molecule has 3 aromatic rings. The van der Waals surface area contributed by atoms with Gasteiger partial charge >= 0.3 is 0 Å². The maximum absolute atomic E-state index is 9.36. The SMILES string of the molecule is N#Cc1cnn2c(NCc3cccc(Cl)c3)cc(N[C@H]3CCCNC3)nc12. The molecule has 8 heteroatoms. The van der Waals surface area contributed by atoms with Crippen LogP contribution in [0.15, 0.2) is 36.5 Å². The maximum Gasteiger partial charge on any atom is 0.177 e. The van der Waals surface area contributed by atoms with E-state index in [9.17, 15) is 5.26 Å². The first-order chi connectivity index (χ1) is 13.2. The van der Waals surface area contributed by atoms with Gasteiger partial charge in [0.25, 0.3) is 0 Å². The molecule has 1 atom stereocenters. The van der Waals surface area contributed by atoms with E-state index in [-0.39, 0.29) is 0 Å². The van der Waals surface area contributed by atoms with E-state index in [1.807, 2.05) is 30.3 Å². The summed E-state index contributed by atoms with van der Waals surface area (Å²) in [7, 11) is 0. The second-order valence-corrected chi connectivity index (χ2v) is 7.04. The molecule has 1 aliphatic rings. The molecule has 1 saturated heterocycles. The number of nitrogens with zero attached hydrogens (tertiary/aromatic N) is 4. The van der Waals surface area contributed by atoms with Crippen LogP contribution in [0, 0.1) is 11.3 Å². The molecule has 0 saturated carbocycles. The van der Waals surface area contributed by atoms with Crippen molar-refractivity contribution in [2.45, 2.75) is 25.4 Å². The van der Waals surface area contributed by atoms with Crippen LogP contribution in [0.3, 0.4) is 0 Å². The van der Waals surface area contributed by atoms with Crippen molar-refractivity contribution in [3.8, 4) is 6.07 Å². The van der Waals surface area contributed by atoms with Crippen LogP contribution in [0.5, 0.6) is 0 Å². The van der Waals surface area contributed by atoms with Gasteiger partial charge in [0.1, 0.15) is 23.3 Å². The zero-order valence-corrected chi connectivity index (χ0v) is 15.5. The summed E-state index contributed by atoms with van der Waals surface area (Å²) in [6, 6.07) is 12.1. The molecule has 27 heavy (non-hydrogen) atoms. The van der Waals surface area contributed by atoms with Crippen molar-refractivity contribution in [1.29, 1.82) is 5.26 Å². The Morgan fingerprint density at radius 2 is 2.30 bits per heavy atom. The average Bonchev–Trinajstić information content (AvgIpc) is 3.10. The summed E-state index contributed by atoms with van der Waals surface area (Å²) in [5, 5.41) is 24.6. The smallest absolute Gasteiger partial charge is 0.177 e. The normalized spacial score (nSPS) is 16.8. The van der Waals surface area contributed by atoms with Gasteiger partial charge in [0.2, 0.25) is 0 Å². The number of hydrogen-bond acceptors (Lipinski definition) is 6. The van der Waals surface area contributed by atoms with Crippen molar-refractivity contribution in [3.63, 3.8) is 0 Å². The molecule has 1 aliphatic heterocycles. The van der Waals surface area contributed by atoms with Gasteiger partial charge in [-0.05, 0) is 37.1 Å². The van der Waals surface area contributed by atoms with Gasteiger partial charge in [-0.15, -0.1) is 0 Å². The maximum atomic E-state index is 9.36. The fraction of sp³-hybridized carbons (Fsp3) is 0.316. The average molecular weight is 382 g/mol. The van der Waals surface area contributed by atoms with Gasteiger partial charge in [0.05, 0.1) is 6.20 Å². The molecule has 0 bridgehead atoms. The minimum atomic E-state index is 0.322. The summed E-state index contributed by atoms with van der Waals surface area (Å²) in [6.07, 6.45) is 3.77. The minimum absolute atomic E-state index is 0.322. The zero-order valence-electron chi connectivity index (χ0n) is 14.7. The molecular formula is C19H20ClN7. The third-order valence-electron chi connectivity index (χ3n) is 4.60. The number of rotatable bonds is 5. The molecule has 2 aromatic heterocycles. The Balaban J connectivity index is 1.63. The number of piperidine rings is 1. The van der Waals surface area contributed by atoms with Crippen LogP contribution in [-0.4, -0.2) is 33.7 Å². The Morgan fingerprint density at radius 1 is 1.37 bits per heavy atom. The van der Waals surface area contributed by atoms with E-state index in [0.29, 0.717) is 28.8 Å². The highest BCUT2D eigenvalue weighted by Crippen LogP contribution is 2.21. The Kier molecular flexibility index (Phi) is 5.10. The minimum Gasteiger partial charge on any atom is -0.366 e. The van der Waals surface area contributed by atoms with Crippen LogP contribution in [0.4, 0.5) is 11.6 Å². The lowest BCUT2D eigenvalue weighted by Crippen LogP contribution is -2.38. The molecule has 0 aliphatic carbocycles. The summed E-state index contributed by atoms with van der Waals surface area (Å²) < 4.78 is 1.66. The van der Waals surface area contributed by atoms with Gasteiger partial charge in [-0.3, -0.25) is 0 Å². The van der Waals surface area contributed by atoms with Gasteiger partial charge in [0, 0.05) is 30.2 Å². The van der Waals surface area contributed by atoms with Crippen LogP contribution >= 0.6 is 11.6 Å². The van der Waals surface area contributed by atoms with E-state index >= 15 is 0 Å². The van der Waals surface area contributed by atoms with Crippen LogP contribution in [0.1, 0.15) is 24.0 Å². The predicted octanol–water partition coefficient (Wildman–Crippen LogP) is 3.03. The Hall–Kier alpha value is -2.82. The van der Waals surface area contributed by atoms with Gasteiger partial charge in [0.15, 0.2) is 5.65 Å². The van der Waals surface area contributed by atoms with Gasteiger partial charge in [-0.2, -0.15) is 14.9 Å². The first kappa shape index (κ1) is 17.6. The topological polar surface area (TPSA) is 90.1 Å². The molecular weight excluding hydrogens is 362 g/mol. The summed E-state index contributed by atoms with van der Waals surface area (Å²) >= 11 is 6.07. The number of hydrogen-bond donors (Lipinski definition) is 3. The quantitative estimate of drug-likeness (QED) is 0.629. The third kappa shape index (κ3) is 3.97. The van der Waals surface area contributed by atoms with Crippen LogP contribution in [0.25, 0.3) is 5.65 Å². The van der Waals surface area contributed by atoms with E-state index in [1.54, 1.807) is 10.7 Å². The van der Waals surface area contributed by atoms with Crippen LogP contribution in [-0.2, 0) is 6.54 Å². The lowest BCUT2D eigenvalue weighted by atomic mass is 10.1. The summed E-state index contributed by atoms with van der Waals surface area (Å²) in [5.74, 6) is 1.51. The molecule has 1 fully saturated rings. The Bertz CT molecular complexity index is 985. The van der Waals surface area contributed by atoms with Crippen LogP contribution < -0.4 is 16.0 Å². The summed E-state index contributed by atoms with van der Waals surface area (Å²) in [6.45, 7) is 2.55. The molecule has 0 unspecified atom stereocenters. The highest BCUT2D eigenvalue weighted by molar-refractivity contribution is 6.30. The van der Waals surface area contributed by atoms with E-state index in [1.165, 1.54) is 0 Å². The molecule has 0 spiro atoms. The highest BCUT2D eigenvalue weighted by atomic mass is 35.5. The number of aromatic nitrogens is 3. The number of anilines is 2. The summed E-state index contributed by atoms with van der Waals surface area (Å²) in [5.41, 5.74) is 2.05. The number of halogens is 1. The Morgan fingerprint density at radius 3 is 3.07 bits per heavy atom. The summed E-state index contributed by atoms with van der Waals surface area (Å²) in [4.78, 5) is 4.61. The molecule has 0 amide bonds. The highest BCUT2D eigenvalue weighted by Gasteiger charge is 2.16. The van der Waals surface area contributed by atoms with Crippen molar-refractivity contribution in [2.24, 2.45) is 0 Å². The molecule has 0 radical (unpaired) electrons. The first-order valence-corrected chi connectivity index (χ1v) is 9.35. The monoisotopic (exact) mass is 381 g/mol. The lowest BCUT2D eigenvalue weighted by molar-refractivity contribution is 0.479. The number of nitriles is 1. The number of benzene rings is 1. The molecule has 138 valence electrons. The molecule has 4 rings (SSSR count). The van der Waals surface area contributed by atoms with Crippen molar-refractivity contribution in [3.05, 3.63) is 52.7 Å². The number of fused-ring (bicyclic) bond motifs is 1. The second kappa shape index (κ2) is 7.82. The molecule has 7 nitrogen and oxygen atoms in total. The van der Waals surface area contributed by atoms with E-state index < -0.39 is 0 Å². The first-order valence-electron chi connectivity index (χ1n) is 8.97. The lowest BCUT2D eigenvalue weighted by Gasteiger charge is -2.24. The fourth-order valence-corrected chi connectivity index (χ4v) is 3.48. The standard InChI is InChI=1S/C19H20ClN7/c20-15-4-1-3-13(7-15)10-23-18-8-17(25-16-5-2-6-22-12-16)26-19-14(9-21)11-24-27(18)19/h1,3-4,7-8,11,16,22-23H,2,5-6,10,12H2,(H,25,26)/t16-/m0/s1. The van der Waals surface area contributed by atoms with Crippen molar-refractivity contribution < 1.29 is 0 Å². The predicted molar refractivity (Wildman–Crippen MR) is 106 cm³/mol. The van der Waals surface area contributed by atoms with E-state index in [0.717, 1.165) is 43.1 Å². The van der Waals surface area contributed by atoms with Crippen molar-refractivity contribution >= 4 is 28.9 Å². The third-order valence-corrected chi connectivity index (χ3v) is 4.84. The van der Waals surface area contributed by atoms with Crippen molar-refractivity contribution in [2.75, 3.05) is 23.7 Å². The van der Waals surface area contributed by atoms with Crippen LogP contribution in [0.2, 0.25) is 5.02 Å². The molecule has 1 aromatic carbocycles. The zero-order chi connectivity index (χ0) is 18.6. The second-order valence-electron chi connectivity index (χ2n) is 6.60. The Labute approximate surface area is 162 Å². The van der Waals surface area contributed by atoms with E-state index in [4.69, 9.17) is 11.6 Å². The van der Waals surface area contributed by atoms with Gasteiger partial charge in [-0.25, -0.2) is 4.98 Å². The van der Waals surface area contributed by atoms with E-state index in [2.05, 4.69) is 32.1 Å². The molecule has 3 heterocycles. The largest absolute Gasteiger partial charge is 0.366 e. The van der Waals surface area contributed by atoms with Crippen molar-refractivity contribution in [1.82, 2.24) is 19.9 Å².